The van der Waals surface area contributed by atoms with E-state index < -0.39 is 0 Å². The Morgan fingerprint density at radius 1 is 1.37 bits per heavy atom. The molecule has 0 spiro atoms. The first-order chi connectivity index (χ1) is 9.31. The zero-order chi connectivity index (χ0) is 13.5. The molecule has 0 bridgehead atoms. The Bertz CT molecular complexity index is 349. The van der Waals surface area contributed by atoms with Gasteiger partial charge in [0.05, 0.1) is 12.6 Å². The van der Waals surface area contributed by atoms with Crippen LogP contribution >= 0.6 is 0 Å². The minimum Gasteiger partial charge on any atom is -0.383 e. The van der Waals surface area contributed by atoms with Crippen molar-refractivity contribution in [2.24, 2.45) is 5.92 Å². The van der Waals surface area contributed by atoms with E-state index in [1.54, 1.807) is 7.11 Å². The first kappa shape index (κ1) is 14.5. The van der Waals surface area contributed by atoms with Gasteiger partial charge in [0.25, 0.3) is 0 Å². The van der Waals surface area contributed by atoms with E-state index in [9.17, 15) is 0 Å². The lowest BCUT2D eigenvalue weighted by atomic mass is 9.97. The predicted molar refractivity (Wildman–Crippen MR) is 79.3 cm³/mol. The van der Waals surface area contributed by atoms with Crippen LogP contribution in [0.1, 0.15) is 24.4 Å². The molecule has 3 nitrogen and oxygen atoms in total. The van der Waals surface area contributed by atoms with Crippen molar-refractivity contribution >= 4 is 0 Å². The quantitative estimate of drug-likeness (QED) is 0.851. The van der Waals surface area contributed by atoms with Crippen LogP contribution in [-0.2, 0) is 4.74 Å². The Balaban J connectivity index is 1.97. The molecule has 0 radical (unpaired) electrons. The van der Waals surface area contributed by atoms with Crippen LogP contribution in [0, 0.1) is 5.92 Å². The topological polar surface area (TPSA) is 24.5 Å². The number of piperidine rings is 1. The molecule has 1 N–H and O–H groups in total. The van der Waals surface area contributed by atoms with Crippen molar-refractivity contribution in [1.82, 2.24) is 10.2 Å². The summed E-state index contributed by atoms with van der Waals surface area (Å²) in [5.41, 5.74) is 1.34. The Kier molecular flexibility index (Phi) is 5.83. The normalized spacial score (nSPS) is 21.5. The molecule has 2 atom stereocenters. The Morgan fingerprint density at radius 3 is 2.79 bits per heavy atom. The first-order valence-electron chi connectivity index (χ1n) is 7.26. The Morgan fingerprint density at radius 2 is 2.16 bits per heavy atom. The van der Waals surface area contributed by atoms with Crippen molar-refractivity contribution in [3.05, 3.63) is 35.9 Å². The van der Waals surface area contributed by atoms with Crippen LogP contribution in [0.15, 0.2) is 30.3 Å². The summed E-state index contributed by atoms with van der Waals surface area (Å²) in [5.74, 6) is 0.766. The molecule has 106 valence electrons. The molecule has 1 aliphatic heterocycles. The van der Waals surface area contributed by atoms with Crippen molar-refractivity contribution in [2.75, 3.05) is 40.4 Å². The van der Waals surface area contributed by atoms with E-state index in [0.29, 0.717) is 6.04 Å². The summed E-state index contributed by atoms with van der Waals surface area (Å²) in [6, 6.07) is 11.0. The van der Waals surface area contributed by atoms with Gasteiger partial charge in [-0.05, 0) is 44.5 Å². The smallest absolute Gasteiger partial charge is 0.0659 e. The van der Waals surface area contributed by atoms with Gasteiger partial charge in [0.2, 0.25) is 0 Å². The van der Waals surface area contributed by atoms with Gasteiger partial charge in [-0.25, -0.2) is 0 Å². The second-order valence-electron chi connectivity index (χ2n) is 5.53. The number of hydrogen-bond donors (Lipinski definition) is 1. The summed E-state index contributed by atoms with van der Waals surface area (Å²) in [6.07, 6.45) is 2.64. The van der Waals surface area contributed by atoms with Gasteiger partial charge in [0.15, 0.2) is 0 Å². The van der Waals surface area contributed by atoms with Crippen LogP contribution in [0.25, 0.3) is 0 Å². The van der Waals surface area contributed by atoms with E-state index in [4.69, 9.17) is 4.74 Å². The summed E-state index contributed by atoms with van der Waals surface area (Å²) in [6.45, 7) is 4.22. The van der Waals surface area contributed by atoms with Crippen molar-refractivity contribution in [3.8, 4) is 0 Å². The van der Waals surface area contributed by atoms with Crippen LogP contribution in [0.4, 0.5) is 0 Å². The highest BCUT2D eigenvalue weighted by molar-refractivity contribution is 5.19. The van der Waals surface area contributed by atoms with Crippen LogP contribution in [0.3, 0.4) is 0 Å². The molecule has 2 unspecified atom stereocenters. The predicted octanol–water partition coefficient (Wildman–Crippen LogP) is 2.31. The molecule has 1 heterocycles. The fraction of sp³-hybridized carbons (Fsp3) is 0.625. The minimum absolute atomic E-state index is 0.355. The third kappa shape index (κ3) is 4.30. The second-order valence-corrected chi connectivity index (χ2v) is 5.53. The van der Waals surface area contributed by atoms with Crippen LogP contribution in [0.5, 0.6) is 0 Å². The summed E-state index contributed by atoms with van der Waals surface area (Å²) in [7, 11) is 4.00. The number of nitrogens with zero attached hydrogens (tertiary/aromatic N) is 1. The largest absolute Gasteiger partial charge is 0.383 e. The Hall–Kier alpha value is -0.900. The molecule has 0 aromatic heterocycles. The van der Waals surface area contributed by atoms with E-state index in [2.05, 4.69) is 47.6 Å². The third-order valence-electron chi connectivity index (χ3n) is 3.99. The molecule has 2 rings (SSSR count). The van der Waals surface area contributed by atoms with Gasteiger partial charge in [-0.15, -0.1) is 0 Å². The molecule has 0 saturated carbocycles. The number of methoxy groups -OCH3 is 1. The molecule has 3 heteroatoms. The van der Waals surface area contributed by atoms with Gasteiger partial charge < -0.3 is 10.1 Å². The second kappa shape index (κ2) is 7.63. The van der Waals surface area contributed by atoms with Crippen molar-refractivity contribution in [1.29, 1.82) is 0 Å². The van der Waals surface area contributed by atoms with Crippen molar-refractivity contribution in [3.63, 3.8) is 0 Å². The van der Waals surface area contributed by atoms with Gasteiger partial charge in [-0.3, -0.25) is 4.90 Å². The average molecular weight is 262 g/mol. The van der Waals surface area contributed by atoms with Gasteiger partial charge >= 0.3 is 0 Å². The first-order valence-corrected chi connectivity index (χ1v) is 7.26. The molecule has 0 aliphatic carbocycles. The van der Waals surface area contributed by atoms with E-state index in [-0.39, 0.29) is 0 Å². The van der Waals surface area contributed by atoms with Crippen LogP contribution in [-0.4, -0.2) is 45.3 Å². The molecule has 1 fully saturated rings. The van der Waals surface area contributed by atoms with Gasteiger partial charge in [-0.2, -0.15) is 0 Å². The van der Waals surface area contributed by atoms with Gasteiger partial charge in [-0.1, -0.05) is 30.3 Å². The zero-order valence-electron chi connectivity index (χ0n) is 12.1. The zero-order valence-corrected chi connectivity index (χ0v) is 12.1. The highest BCUT2D eigenvalue weighted by Crippen LogP contribution is 2.22. The lowest BCUT2D eigenvalue weighted by Crippen LogP contribution is -2.39. The van der Waals surface area contributed by atoms with Gasteiger partial charge in [0, 0.05) is 13.7 Å². The van der Waals surface area contributed by atoms with E-state index in [1.807, 2.05) is 0 Å². The van der Waals surface area contributed by atoms with Crippen molar-refractivity contribution in [2.45, 2.75) is 18.9 Å². The standard InChI is InChI=1S/C16H26N2O/c1-18(12-14-7-6-10-17-11-14)16(13-19-2)15-8-4-3-5-9-15/h3-5,8-9,14,16-17H,6-7,10-13H2,1-2H3. The lowest BCUT2D eigenvalue weighted by molar-refractivity contribution is 0.0926. The lowest BCUT2D eigenvalue weighted by Gasteiger charge is -2.33. The van der Waals surface area contributed by atoms with Crippen molar-refractivity contribution < 1.29 is 4.74 Å². The molecule has 0 amide bonds. The monoisotopic (exact) mass is 262 g/mol. The third-order valence-corrected chi connectivity index (χ3v) is 3.99. The van der Waals surface area contributed by atoms with Gasteiger partial charge in [0.1, 0.15) is 0 Å². The van der Waals surface area contributed by atoms with Crippen LogP contribution < -0.4 is 5.32 Å². The fourth-order valence-electron chi connectivity index (χ4n) is 2.93. The maximum Gasteiger partial charge on any atom is 0.0659 e. The fourth-order valence-corrected chi connectivity index (χ4v) is 2.93. The number of benzene rings is 1. The number of ether oxygens (including phenoxy) is 1. The molecule has 19 heavy (non-hydrogen) atoms. The minimum atomic E-state index is 0.355. The number of hydrogen-bond acceptors (Lipinski definition) is 3. The molecular weight excluding hydrogens is 236 g/mol. The summed E-state index contributed by atoms with van der Waals surface area (Å²) in [5, 5.41) is 3.49. The number of rotatable bonds is 6. The highest BCUT2D eigenvalue weighted by Gasteiger charge is 2.21. The summed E-state index contributed by atoms with van der Waals surface area (Å²) >= 11 is 0. The SMILES string of the molecule is COCC(c1ccccc1)N(C)CC1CCCNC1. The maximum absolute atomic E-state index is 5.41. The molecule has 1 saturated heterocycles. The number of nitrogens with one attached hydrogen (secondary N) is 1. The molecule has 1 aromatic carbocycles. The summed E-state index contributed by atoms with van der Waals surface area (Å²) in [4.78, 5) is 2.44. The Labute approximate surface area is 116 Å². The molecule has 1 aromatic rings. The molecule has 1 aliphatic rings. The highest BCUT2D eigenvalue weighted by atomic mass is 16.5. The maximum atomic E-state index is 5.41. The van der Waals surface area contributed by atoms with E-state index in [1.165, 1.54) is 24.9 Å². The van der Waals surface area contributed by atoms with E-state index in [0.717, 1.165) is 25.6 Å². The van der Waals surface area contributed by atoms with Crippen LogP contribution in [0.2, 0.25) is 0 Å². The van der Waals surface area contributed by atoms with E-state index >= 15 is 0 Å². The summed E-state index contributed by atoms with van der Waals surface area (Å²) < 4.78 is 5.41. The number of likely N-dealkylation sites (N-methyl/N-ethyl adjacent to an activating group) is 1. The average Bonchev–Trinajstić information content (AvgIpc) is 2.46. The molecular formula is C16H26N2O.